The van der Waals surface area contributed by atoms with Crippen LogP contribution in [0.1, 0.15) is 36.1 Å². The van der Waals surface area contributed by atoms with Crippen molar-refractivity contribution in [2.24, 2.45) is 0 Å². The fourth-order valence-corrected chi connectivity index (χ4v) is 3.03. The monoisotopic (exact) mass is 329 g/mol. The van der Waals surface area contributed by atoms with Crippen LogP contribution in [0, 0.1) is 6.92 Å². The summed E-state index contributed by atoms with van der Waals surface area (Å²) in [6, 6.07) is 26.7. The molecule has 0 bridgehead atoms. The number of hydrogen-bond donors (Lipinski definition) is 0. The van der Waals surface area contributed by atoms with Gasteiger partial charge in [-0.15, -0.1) is 0 Å². The first-order valence-electron chi connectivity index (χ1n) is 9.20. The van der Waals surface area contributed by atoms with Gasteiger partial charge in [0.1, 0.15) is 0 Å². The van der Waals surface area contributed by atoms with Crippen molar-refractivity contribution >= 4 is 11.4 Å². The Morgan fingerprint density at radius 1 is 0.560 bits per heavy atom. The molecule has 3 rings (SSSR count). The Bertz CT molecular complexity index is 736. The normalized spacial score (nSPS) is 10.7. The van der Waals surface area contributed by atoms with Crippen LogP contribution >= 0.6 is 0 Å². The van der Waals surface area contributed by atoms with E-state index in [2.05, 4.69) is 98.5 Å². The second-order valence-corrected chi connectivity index (χ2v) is 6.61. The van der Waals surface area contributed by atoms with Gasteiger partial charge < -0.3 is 4.90 Å². The molecule has 1 heteroatoms. The van der Waals surface area contributed by atoms with E-state index in [9.17, 15) is 0 Å². The maximum absolute atomic E-state index is 2.39. The molecule has 0 aliphatic rings. The first-order chi connectivity index (χ1) is 12.2. The van der Waals surface area contributed by atoms with Gasteiger partial charge in [0, 0.05) is 17.9 Å². The predicted octanol–water partition coefficient (Wildman–Crippen LogP) is 6.46. The van der Waals surface area contributed by atoms with E-state index in [1.54, 1.807) is 0 Å². The molecule has 25 heavy (non-hydrogen) atoms. The SMILES string of the molecule is CCc1ccc(N(Cc2ccc(C)cc2)c2ccc(CC)cc2)cc1. The molecule has 0 fully saturated rings. The van der Waals surface area contributed by atoms with Crippen LogP contribution < -0.4 is 4.90 Å². The van der Waals surface area contributed by atoms with Crippen molar-refractivity contribution in [2.45, 2.75) is 40.2 Å². The van der Waals surface area contributed by atoms with E-state index in [-0.39, 0.29) is 0 Å². The number of hydrogen-bond acceptors (Lipinski definition) is 1. The highest BCUT2D eigenvalue weighted by molar-refractivity contribution is 5.64. The van der Waals surface area contributed by atoms with E-state index in [4.69, 9.17) is 0 Å². The number of rotatable bonds is 6. The molecular formula is C24H27N. The summed E-state index contributed by atoms with van der Waals surface area (Å²) in [6.07, 6.45) is 2.15. The zero-order chi connectivity index (χ0) is 17.6. The Kier molecular flexibility index (Phi) is 5.55. The third kappa shape index (κ3) is 4.30. The molecule has 1 nitrogen and oxygen atoms in total. The minimum absolute atomic E-state index is 0.872. The fourth-order valence-electron chi connectivity index (χ4n) is 3.03. The lowest BCUT2D eigenvalue weighted by Gasteiger charge is -2.26. The molecule has 0 aliphatic carbocycles. The molecule has 0 N–H and O–H groups in total. The van der Waals surface area contributed by atoms with Crippen LogP contribution in [-0.2, 0) is 19.4 Å². The molecule has 0 amide bonds. The van der Waals surface area contributed by atoms with Crippen LogP contribution in [0.15, 0.2) is 72.8 Å². The van der Waals surface area contributed by atoms with E-state index in [1.807, 2.05) is 0 Å². The van der Waals surface area contributed by atoms with Gasteiger partial charge in [0.2, 0.25) is 0 Å². The van der Waals surface area contributed by atoms with Crippen molar-refractivity contribution in [3.05, 3.63) is 95.1 Å². The van der Waals surface area contributed by atoms with Crippen LogP contribution in [0.3, 0.4) is 0 Å². The number of anilines is 2. The second-order valence-electron chi connectivity index (χ2n) is 6.61. The molecule has 128 valence electrons. The standard InChI is InChI=1S/C24H27N/c1-4-20-10-14-23(15-11-20)25(18-22-8-6-19(3)7-9-22)24-16-12-21(5-2)13-17-24/h6-17H,4-5,18H2,1-3H3. The average molecular weight is 329 g/mol. The van der Waals surface area contributed by atoms with Gasteiger partial charge in [0.15, 0.2) is 0 Å². The Labute approximate surface area is 151 Å². The lowest BCUT2D eigenvalue weighted by molar-refractivity contribution is 0.970. The maximum atomic E-state index is 2.39. The first kappa shape index (κ1) is 17.3. The highest BCUT2D eigenvalue weighted by atomic mass is 15.1. The van der Waals surface area contributed by atoms with Crippen LogP contribution in [0.2, 0.25) is 0 Å². The molecule has 0 aromatic heterocycles. The van der Waals surface area contributed by atoms with Crippen molar-refractivity contribution in [3.8, 4) is 0 Å². The summed E-state index contributed by atoms with van der Waals surface area (Å²) in [4.78, 5) is 2.39. The van der Waals surface area contributed by atoms with E-state index in [0.717, 1.165) is 19.4 Å². The maximum Gasteiger partial charge on any atom is 0.0481 e. The number of benzene rings is 3. The molecule has 0 spiro atoms. The van der Waals surface area contributed by atoms with Crippen molar-refractivity contribution in [3.63, 3.8) is 0 Å². The van der Waals surface area contributed by atoms with Gasteiger partial charge in [-0.05, 0) is 60.7 Å². The second kappa shape index (κ2) is 8.02. The van der Waals surface area contributed by atoms with Crippen LogP contribution in [0.5, 0.6) is 0 Å². The van der Waals surface area contributed by atoms with Gasteiger partial charge in [-0.1, -0.05) is 67.9 Å². The molecule has 0 saturated heterocycles. The highest BCUT2D eigenvalue weighted by Crippen LogP contribution is 2.28. The zero-order valence-electron chi connectivity index (χ0n) is 15.5. The molecular weight excluding hydrogens is 302 g/mol. The van der Waals surface area contributed by atoms with Crippen molar-refractivity contribution < 1.29 is 0 Å². The largest absolute Gasteiger partial charge is 0.337 e. The molecule has 0 unspecified atom stereocenters. The van der Waals surface area contributed by atoms with Gasteiger partial charge in [-0.3, -0.25) is 0 Å². The summed E-state index contributed by atoms with van der Waals surface area (Å²) in [5, 5.41) is 0. The Morgan fingerprint density at radius 2 is 0.960 bits per heavy atom. The third-order valence-electron chi connectivity index (χ3n) is 4.77. The minimum Gasteiger partial charge on any atom is -0.337 e. The number of nitrogens with zero attached hydrogens (tertiary/aromatic N) is 1. The lowest BCUT2D eigenvalue weighted by atomic mass is 10.1. The molecule has 3 aromatic carbocycles. The highest BCUT2D eigenvalue weighted by Gasteiger charge is 2.10. The molecule has 3 aromatic rings. The van der Waals surface area contributed by atoms with Crippen LogP contribution in [-0.4, -0.2) is 0 Å². The van der Waals surface area contributed by atoms with Crippen LogP contribution in [0.25, 0.3) is 0 Å². The van der Waals surface area contributed by atoms with Gasteiger partial charge in [0.05, 0.1) is 0 Å². The molecule has 0 aliphatic heterocycles. The van der Waals surface area contributed by atoms with Crippen molar-refractivity contribution in [1.29, 1.82) is 0 Å². The van der Waals surface area contributed by atoms with Gasteiger partial charge in [0.25, 0.3) is 0 Å². The predicted molar refractivity (Wildman–Crippen MR) is 109 cm³/mol. The topological polar surface area (TPSA) is 3.24 Å². The summed E-state index contributed by atoms with van der Waals surface area (Å²) in [6.45, 7) is 7.40. The Morgan fingerprint density at radius 3 is 1.36 bits per heavy atom. The fraction of sp³-hybridized carbons (Fsp3) is 0.250. The van der Waals surface area contributed by atoms with Gasteiger partial charge >= 0.3 is 0 Å². The molecule has 0 heterocycles. The first-order valence-corrected chi connectivity index (χ1v) is 9.20. The zero-order valence-corrected chi connectivity index (χ0v) is 15.5. The third-order valence-corrected chi connectivity index (χ3v) is 4.77. The van der Waals surface area contributed by atoms with E-state index in [1.165, 1.54) is 33.6 Å². The summed E-state index contributed by atoms with van der Waals surface area (Å²) >= 11 is 0. The molecule has 0 saturated carbocycles. The van der Waals surface area contributed by atoms with Crippen molar-refractivity contribution in [2.75, 3.05) is 4.90 Å². The van der Waals surface area contributed by atoms with E-state index in [0.29, 0.717) is 0 Å². The lowest BCUT2D eigenvalue weighted by Crippen LogP contribution is -2.16. The Balaban J connectivity index is 1.95. The van der Waals surface area contributed by atoms with Crippen molar-refractivity contribution in [1.82, 2.24) is 0 Å². The van der Waals surface area contributed by atoms with Gasteiger partial charge in [-0.2, -0.15) is 0 Å². The molecule has 0 atom stereocenters. The minimum atomic E-state index is 0.872. The number of aryl methyl sites for hydroxylation is 3. The summed E-state index contributed by atoms with van der Waals surface area (Å²) in [5.41, 5.74) is 7.85. The van der Waals surface area contributed by atoms with E-state index < -0.39 is 0 Å². The average Bonchev–Trinajstić information content (AvgIpc) is 2.68. The molecule has 0 radical (unpaired) electrons. The van der Waals surface area contributed by atoms with E-state index >= 15 is 0 Å². The Hall–Kier alpha value is -2.54. The summed E-state index contributed by atoms with van der Waals surface area (Å²) in [7, 11) is 0. The van der Waals surface area contributed by atoms with Gasteiger partial charge in [-0.25, -0.2) is 0 Å². The smallest absolute Gasteiger partial charge is 0.0481 e. The quantitative estimate of drug-likeness (QED) is 0.502. The summed E-state index contributed by atoms with van der Waals surface area (Å²) < 4.78 is 0. The van der Waals surface area contributed by atoms with Crippen LogP contribution in [0.4, 0.5) is 11.4 Å². The summed E-state index contributed by atoms with van der Waals surface area (Å²) in [5.74, 6) is 0.